The van der Waals surface area contributed by atoms with E-state index in [0.29, 0.717) is 6.54 Å². The average molecular weight is 255 g/mol. The molecule has 0 bridgehead atoms. The lowest BCUT2D eigenvalue weighted by molar-refractivity contribution is -0.129. The molecule has 104 valence electrons. The van der Waals surface area contributed by atoms with Gasteiger partial charge in [-0.15, -0.1) is 0 Å². The Hall–Kier alpha value is -1.10. The molecule has 5 nitrogen and oxygen atoms in total. The van der Waals surface area contributed by atoms with Gasteiger partial charge in [0.1, 0.15) is 6.04 Å². The summed E-state index contributed by atoms with van der Waals surface area (Å²) in [5.41, 5.74) is 0. The van der Waals surface area contributed by atoms with Crippen molar-refractivity contribution in [2.45, 2.75) is 58.0 Å². The van der Waals surface area contributed by atoms with Crippen molar-refractivity contribution < 1.29 is 9.59 Å². The predicted octanol–water partition coefficient (Wildman–Crippen LogP) is 0.550. The highest BCUT2D eigenvalue weighted by Gasteiger charge is 2.22. The van der Waals surface area contributed by atoms with E-state index in [2.05, 4.69) is 16.0 Å². The van der Waals surface area contributed by atoms with Crippen LogP contribution in [0.3, 0.4) is 0 Å². The van der Waals surface area contributed by atoms with E-state index in [-0.39, 0.29) is 17.9 Å². The monoisotopic (exact) mass is 255 g/mol. The van der Waals surface area contributed by atoms with Gasteiger partial charge >= 0.3 is 0 Å². The Labute approximate surface area is 109 Å². The smallest absolute Gasteiger partial charge is 0.242 e. The summed E-state index contributed by atoms with van der Waals surface area (Å²) in [4.78, 5) is 23.6. The van der Waals surface area contributed by atoms with Gasteiger partial charge in [0.15, 0.2) is 0 Å². The molecule has 0 spiro atoms. The predicted molar refractivity (Wildman–Crippen MR) is 71.2 cm³/mol. The number of nitrogens with one attached hydrogen (secondary N) is 3. The van der Waals surface area contributed by atoms with Gasteiger partial charge in [0.25, 0.3) is 0 Å². The second kappa shape index (κ2) is 8.08. The minimum Gasteiger partial charge on any atom is -0.354 e. The molecule has 18 heavy (non-hydrogen) atoms. The first kappa shape index (κ1) is 15.0. The SMILES string of the molecule is CCCNC(=O)C(C)NC(=O)C1CCCCCN1. The Balaban J connectivity index is 2.35. The quantitative estimate of drug-likeness (QED) is 0.672. The summed E-state index contributed by atoms with van der Waals surface area (Å²) in [6.45, 7) is 5.26. The van der Waals surface area contributed by atoms with Crippen molar-refractivity contribution >= 4 is 11.8 Å². The topological polar surface area (TPSA) is 70.2 Å². The number of carbonyl (C=O) groups excluding carboxylic acids is 2. The van der Waals surface area contributed by atoms with Gasteiger partial charge in [-0.05, 0) is 32.7 Å². The Bertz CT molecular complexity index is 273. The number of rotatable bonds is 5. The molecule has 0 radical (unpaired) electrons. The maximum absolute atomic E-state index is 12.0. The highest BCUT2D eigenvalue weighted by molar-refractivity contribution is 5.89. The van der Waals surface area contributed by atoms with E-state index in [1.807, 2.05) is 6.92 Å². The summed E-state index contributed by atoms with van der Waals surface area (Å²) in [6.07, 6.45) is 5.12. The molecule has 1 saturated heterocycles. The first-order valence-corrected chi connectivity index (χ1v) is 6.96. The summed E-state index contributed by atoms with van der Waals surface area (Å²) in [5, 5.41) is 8.78. The highest BCUT2D eigenvalue weighted by Crippen LogP contribution is 2.08. The average Bonchev–Trinajstić information content (AvgIpc) is 2.64. The van der Waals surface area contributed by atoms with E-state index in [1.54, 1.807) is 6.92 Å². The molecule has 5 heteroatoms. The van der Waals surface area contributed by atoms with Crippen molar-refractivity contribution in [2.75, 3.05) is 13.1 Å². The molecule has 0 aromatic carbocycles. The first-order chi connectivity index (χ1) is 8.65. The molecule has 2 atom stereocenters. The Morgan fingerprint density at radius 2 is 2.11 bits per heavy atom. The van der Waals surface area contributed by atoms with Crippen LogP contribution in [0.4, 0.5) is 0 Å². The van der Waals surface area contributed by atoms with Crippen LogP contribution in [0.15, 0.2) is 0 Å². The van der Waals surface area contributed by atoms with E-state index in [9.17, 15) is 9.59 Å². The Morgan fingerprint density at radius 1 is 1.33 bits per heavy atom. The Kier molecular flexibility index (Phi) is 6.72. The van der Waals surface area contributed by atoms with Crippen LogP contribution in [0, 0.1) is 0 Å². The molecule has 1 fully saturated rings. The molecule has 1 aliphatic rings. The summed E-state index contributed by atoms with van der Waals surface area (Å²) in [7, 11) is 0. The van der Waals surface area contributed by atoms with Crippen LogP contribution in [0.5, 0.6) is 0 Å². The van der Waals surface area contributed by atoms with Crippen LogP contribution < -0.4 is 16.0 Å². The van der Waals surface area contributed by atoms with E-state index in [0.717, 1.165) is 32.2 Å². The van der Waals surface area contributed by atoms with Gasteiger partial charge in [-0.1, -0.05) is 19.8 Å². The molecular weight excluding hydrogens is 230 g/mol. The molecule has 0 aromatic heterocycles. The number of amides is 2. The fraction of sp³-hybridized carbons (Fsp3) is 0.846. The van der Waals surface area contributed by atoms with Gasteiger partial charge in [0.2, 0.25) is 11.8 Å². The van der Waals surface area contributed by atoms with Crippen LogP contribution in [-0.4, -0.2) is 37.0 Å². The fourth-order valence-electron chi connectivity index (χ4n) is 2.03. The molecule has 2 amide bonds. The van der Waals surface area contributed by atoms with E-state index >= 15 is 0 Å². The third kappa shape index (κ3) is 5.04. The van der Waals surface area contributed by atoms with E-state index in [4.69, 9.17) is 0 Å². The molecule has 1 rings (SSSR count). The lowest BCUT2D eigenvalue weighted by atomic mass is 10.1. The van der Waals surface area contributed by atoms with Crippen molar-refractivity contribution in [2.24, 2.45) is 0 Å². The summed E-state index contributed by atoms with van der Waals surface area (Å²) in [6, 6.07) is -0.608. The zero-order valence-corrected chi connectivity index (χ0v) is 11.4. The largest absolute Gasteiger partial charge is 0.354 e. The van der Waals surface area contributed by atoms with Crippen molar-refractivity contribution in [3.05, 3.63) is 0 Å². The maximum Gasteiger partial charge on any atom is 0.242 e. The molecule has 0 aliphatic carbocycles. The van der Waals surface area contributed by atoms with Crippen LogP contribution >= 0.6 is 0 Å². The van der Waals surface area contributed by atoms with Gasteiger partial charge in [-0.2, -0.15) is 0 Å². The van der Waals surface area contributed by atoms with Crippen LogP contribution in [0.1, 0.15) is 46.0 Å². The minimum atomic E-state index is -0.464. The highest BCUT2D eigenvalue weighted by atomic mass is 16.2. The van der Waals surface area contributed by atoms with Crippen LogP contribution in [0.2, 0.25) is 0 Å². The zero-order chi connectivity index (χ0) is 13.4. The van der Waals surface area contributed by atoms with Crippen molar-refractivity contribution in [3.8, 4) is 0 Å². The number of hydrogen-bond acceptors (Lipinski definition) is 3. The van der Waals surface area contributed by atoms with Crippen LogP contribution in [0.25, 0.3) is 0 Å². The van der Waals surface area contributed by atoms with E-state index < -0.39 is 6.04 Å². The molecular formula is C13H25N3O2. The van der Waals surface area contributed by atoms with Gasteiger partial charge in [-0.25, -0.2) is 0 Å². The van der Waals surface area contributed by atoms with Gasteiger partial charge < -0.3 is 16.0 Å². The molecule has 0 saturated carbocycles. The van der Waals surface area contributed by atoms with Crippen LogP contribution in [-0.2, 0) is 9.59 Å². The molecule has 3 N–H and O–H groups in total. The first-order valence-electron chi connectivity index (χ1n) is 6.96. The standard InChI is InChI=1S/C13H25N3O2/c1-3-8-15-12(17)10(2)16-13(18)11-7-5-4-6-9-14-11/h10-11,14H,3-9H2,1-2H3,(H,15,17)(H,16,18). The minimum absolute atomic E-state index is 0.0592. The van der Waals surface area contributed by atoms with Crippen molar-refractivity contribution in [3.63, 3.8) is 0 Å². The lowest BCUT2D eigenvalue weighted by Crippen LogP contribution is -2.51. The van der Waals surface area contributed by atoms with Crippen molar-refractivity contribution in [1.82, 2.24) is 16.0 Å². The lowest BCUT2D eigenvalue weighted by Gasteiger charge is -2.19. The third-order valence-electron chi connectivity index (χ3n) is 3.18. The second-order valence-electron chi connectivity index (χ2n) is 4.88. The Morgan fingerprint density at radius 3 is 2.83 bits per heavy atom. The fourth-order valence-corrected chi connectivity index (χ4v) is 2.03. The summed E-state index contributed by atoms with van der Waals surface area (Å²) >= 11 is 0. The zero-order valence-electron chi connectivity index (χ0n) is 11.4. The molecule has 2 unspecified atom stereocenters. The summed E-state index contributed by atoms with van der Waals surface area (Å²) < 4.78 is 0. The molecule has 1 aliphatic heterocycles. The molecule has 0 aromatic rings. The number of hydrogen-bond donors (Lipinski definition) is 3. The molecule has 1 heterocycles. The van der Waals surface area contributed by atoms with Gasteiger partial charge in [-0.3, -0.25) is 9.59 Å². The third-order valence-corrected chi connectivity index (χ3v) is 3.18. The van der Waals surface area contributed by atoms with Gasteiger partial charge in [0.05, 0.1) is 6.04 Å². The van der Waals surface area contributed by atoms with Crippen molar-refractivity contribution in [1.29, 1.82) is 0 Å². The van der Waals surface area contributed by atoms with Gasteiger partial charge in [0, 0.05) is 6.54 Å². The summed E-state index contributed by atoms with van der Waals surface area (Å²) in [5.74, 6) is -0.171. The maximum atomic E-state index is 12.0. The second-order valence-corrected chi connectivity index (χ2v) is 4.88. The van der Waals surface area contributed by atoms with E-state index in [1.165, 1.54) is 6.42 Å². The normalized spacial score (nSPS) is 21.8. The number of carbonyl (C=O) groups is 2.